The first-order chi connectivity index (χ1) is 16.5. The van der Waals surface area contributed by atoms with Crippen molar-refractivity contribution in [2.45, 2.75) is 38.9 Å². The molecule has 0 saturated heterocycles. The molecule has 13 heteroatoms. The highest BCUT2D eigenvalue weighted by atomic mass is 79.9. The molecular formula is C22H21BrF3N7O2. The van der Waals surface area contributed by atoms with Gasteiger partial charge in [-0.1, -0.05) is 6.92 Å². The third kappa shape index (κ3) is 7.39. The van der Waals surface area contributed by atoms with Crippen molar-refractivity contribution < 1.29 is 18.1 Å². The number of rotatable bonds is 10. The molecule has 0 bridgehead atoms. The second-order valence-electron chi connectivity index (χ2n) is 7.44. The minimum absolute atomic E-state index is 0.000584. The van der Waals surface area contributed by atoms with Crippen LogP contribution in [0.4, 0.5) is 35.9 Å². The Bertz CT molecular complexity index is 1160. The fourth-order valence-electron chi connectivity index (χ4n) is 2.99. The van der Waals surface area contributed by atoms with E-state index in [0.29, 0.717) is 18.3 Å². The maximum absolute atomic E-state index is 13.5. The summed E-state index contributed by atoms with van der Waals surface area (Å²) in [6.07, 6.45) is -1.74. The van der Waals surface area contributed by atoms with E-state index in [-0.39, 0.29) is 29.3 Å². The molecule has 2 rings (SSSR count). The number of nitro benzene ring substituents is 1. The van der Waals surface area contributed by atoms with Gasteiger partial charge in [0.25, 0.3) is 5.69 Å². The molecule has 1 unspecified atom stereocenters. The Labute approximate surface area is 208 Å². The van der Waals surface area contributed by atoms with E-state index in [9.17, 15) is 28.5 Å². The summed E-state index contributed by atoms with van der Waals surface area (Å²) in [7, 11) is 0. The zero-order chi connectivity index (χ0) is 26.2. The molecule has 2 aromatic carbocycles. The Hall–Kier alpha value is -3.71. The number of benzene rings is 2. The fourth-order valence-corrected chi connectivity index (χ4v) is 3.51. The van der Waals surface area contributed by atoms with Gasteiger partial charge in [0.15, 0.2) is 6.19 Å². The third-order valence-electron chi connectivity index (χ3n) is 5.11. The minimum Gasteiger partial charge on any atom is -0.352 e. The molecule has 0 spiro atoms. The van der Waals surface area contributed by atoms with E-state index in [1.54, 1.807) is 17.0 Å². The van der Waals surface area contributed by atoms with Gasteiger partial charge >= 0.3 is 6.18 Å². The Balaban J connectivity index is 2.34. The van der Waals surface area contributed by atoms with E-state index >= 15 is 0 Å². The van der Waals surface area contributed by atoms with Crippen molar-refractivity contribution in [1.29, 1.82) is 10.5 Å². The second kappa shape index (κ2) is 12.1. The first kappa shape index (κ1) is 27.5. The van der Waals surface area contributed by atoms with Gasteiger partial charge in [0.1, 0.15) is 5.69 Å². The van der Waals surface area contributed by atoms with Gasteiger partial charge in [-0.05, 0) is 53.5 Å². The molecule has 2 aromatic rings. The van der Waals surface area contributed by atoms with Gasteiger partial charge in [-0.15, -0.1) is 5.11 Å². The Kier molecular flexibility index (Phi) is 9.54. The van der Waals surface area contributed by atoms with Crippen LogP contribution in [-0.4, -0.2) is 29.1 Å². The van der Waals surface area contributed by atoms with Gasteiger partial charge in [-0.3, -0.25) is 15.0 Å². The molecular weight excluding hydrogens is 531 g/mol. The third-order valence-corrected chi connectivity index (χ3v) is 5.72. The maximum Gasteiger partial charge on any atom is 0.418 e. The van der Waals surface area contributed by atoms with Crippen LogP contribution in [0.15, 0.2) is 51.1 Å². The normalized spacial score (nSPS) is 12.1. The number of nitrogens with zero attached hydrogens (tertiary/aromatic N) is 7. The quantitative estimate of drug-likeness (QED) is 0.0778. The number of halogens is 4. The second-order valence-corrected chi connectivity index (χ2v) is 8.29. The number of hydrogen-bond donors (Lipinski definition) is 0. The number of nitro groups is 1. The lowest BCUT2D eigenvalue weighted by atomic mass is 10.1. The number of nitriles is 2. The zero-order valence-corrected chi connectivity index (χ0v) is 20.4. The predicted octanol–water partition coefficient (Wildman–Crippen LogP) is 7.05. The maximum atomic E-state index is 13.5. The van der Waals surface area contributed by atoms with E-state index in [1.807, 2.05) is 18.7 Å². The molecule has 0 aliphatic carbocycles. The van der Waals surface area contributed by atoms with Crippen molar-refractivity contribution in [3.05, 3.63) is 56.5 Å². The summed E-state index contributed by atoms with van der Waals surface area (Å²) < 4.78 is 40.2. The van der Waals surface area contributed by atoms with Gasteiger partial charge in [0, 0.05) is 30.4 Å². The topological polar surface area (TPSA) is 122 Å². The van der Waals surface area contributed by atoms with Crippen LogP contribution in [0.25, 0.3) is 0 Å². The highest BCUT2D eigenvalue weighted by Gasteiger charge is 2.37. The van der Waals surface area contributed by atoms with Gasteiger partial charge < -0.3 is 4.90 Å². The molecule has 0 amide bonds. The molecule has 0 radical (unpaired) electrons. The van der Waals surface area contributed by atoms with Crippen LogP contribution >= 0.6 is 15.9 Å². The lowest BCUT2D eigenvalue weighted by Gasteiger charge is -2.31. The van der Waals surface area contributed by atoms with Crippen LogP contribution in [0, 0.1) is 32.9 Å². The number of non-ortho nitro benzene ring substituents is 1. The molecule has 35 heavy (non-hydrogen) atoms. The average Bonchev–Trinajstić information content (AvgIpc) is 2.82. The first-order valence-corrected chi connectivity index (χ1v) is 11.2. The smallest absolute Gasteiger partial charge is 0.352 e. The molecule has 0 aliphatic rings. The zero-order valence-electron chi connectivity index (χ0n) is 18.8. The van der Waals surface area contributed by atoms with Gasteiger partial charge in [-0.2, -0.15) is 28.8 Å². The van der Waals surface area contributed by atoms with E-state index in [0.717, 1.165) is 12.5 Å². The van der Waals surface area contributed by atoms with E-state index in [4.69, 9.17) is 5.26 Å². The summed E-state index contributed by atoms with van der Waals surface area (Å²) in [6.45, 7) is 4.51. The van der Waals surface area contributed by atoms with Crippen molar-refractivity contribution in [2.75, 3.05) is 18.1 Å². The van der Waals surface area contributed by atoms with Crippen LogP contribution in [0.1, 0.15) is 32.3 Å². The summed E-state index contributed by atoms with van der Waals surface area (Å²) in [5.41, 5.74) is -1.67. The Morgan fingerprint density at radius 1 is 1.20 bits per heavy atom. The monoisotopic (exact) mass is 551 g/mol. The van der Waals surface area contributed by atoms with E-state index in [2.05, 4.69) is 38.4 Å². The van der Waals surface area contributed by atoms with Crippen LogP contribution in [0.5, 0.6) is 0 Å². The van der Waals surface area contributed by atoms with Crippen LogP contribution in [0.2, 0.25) is 0 Å². The minimum atomic E-state index is -4.88. The standard InChI is InChI=1S/C22H21BrF3N7O2/c1-3-15(2)32(13-28)14-31(10-4-9-27)17-7-5-16(6-8-17)29-30-21-19(22(24,25)26)11-18(33(34)35)12-20(21)23/h5-8,11-12,15H,3-4,10,14H2,1-2H3. The lowest BCUT2D eigenvalue weighted by molar-refractivity contribution is -0.385. The summed E-state index contributed by atoms with van der Waals surface area (Å²) in [6, 6.07) is 9.80. The predicted molar refractivity (Wildman–Crippen MR) is 126 cm³/mol. The van der Waals surface area contributed by atoms with Gasteiger partial charge in [-0.25, -0.2) is 0 Å². The van der Waals surface area contributed by atoms with Crippen molar-refractivity contribution in [3.8, 4) is 12.3 Å². The number of anilines is 1. The molecule has 1 atom stereocenters. The van der Waals surface area contributed by atoms with Crippen LogP contribution in [0.3, 0.4) is 0 Å². The Morgan fingerprint density at radius 3 is 2.37 bits per heavy atom. The molecule has 0 aliphatic heterocycles. The van der Waals surface area contributed by atoms with E-state index in [1.165, 1.54) is 12.1 Å². The lowest BCUT2D eigenvalue weighted by Crippen LogP contribution is -2.40. The highest BCUT2D eigenvalue weighted by Crippen LogP contribution is 2.43. The Morgan fingerprint density at radius 2 is 1.86 bits per heavy atom. The summed E-state index contributed by atoms with van der Waals surface area (Å²) in [4.78, 5) is 13.4. The van der Waals surface area contributed by atoms with Gasteiger partial charge in [0.05, 0.1) is 39.8 Å². The average molecular weight is 552 g/mol. The molecule has 9 nitrogen and oxygen atoms in total. The molecule has 0 saturated carbocycles. The molecule has 0 aromatic heterocycles. The number of alkyl halides is 3. The SMILES string of the molecule is CCC(C)N(C#N)CN(CCC#N)c1ccc(N=Nc2c(Br)cc([N+](=O)[O-])cc2C(F)(F)F)cc1. The first-order valence-electron chi connectivity index (χ1n) is 10.4. The van der Waals surface area contributed by atoms with Crippen LogP contribution in [-0.2, 0) is 6.18 Å². The molecule has 0 N–H and O–H groups in total. The fraction of sp³-hybridized carbons (Fsp3) is 0.364. The van der Waals surface area contributed by atoms with Crippen molar-refractivity contribution in [1.82, 2.24) is 4.90 Å². The summed E-state index contributed by atoms with van der Waals surface area (Å²) >= 11 is 2.91. The summed E-state index contributed by atoms with van der Waals surface area (Å²) in [5.74, 6) is 0. The highest BCUT2D eigenvalue weighted by molar-refractivity contribution is 9.10. The number of hydrogen-bond acceptors (Lipinski definition) is 8. The summed E-state index contributed by atoms with van der Waals surface area (Å²) in [5, 5.41) is 36.9. The molecule has 0 fully saturated rings. The van der Waals surface area contributed by atoms with Crippen molar-refractivity contribution in [2.24, 2.45) is 10.2 Å². The van der Waals surface area contributed by atoms with Crippen molar-refractivity contribution >= 4 is 38.7 Å². The van der Waals surface area contributed by atoms with E-state index < -0.39 is 28.0 Å². The molecule has 0 heterocycles. The van der Waals surface area contributed by atoms with Crippen molar-refractivity contribution in [3.63, 3.8) is 0 Å². The van der Waals surface area contributed by atoms with Gasteiger partial charge in [0.2, 0.25) is 0 Å². The number of azo groups is 1. The molecule has 184 valence electrons. The van der Waals surface area contributed by atoms with Crippen LogP contribution < -0.4 is 4.90 Å². The largest absolute Gasteiger partial charge is 0.418 e.